The van der Waals surface area contributed by atoms with Crippen LogP contribution in [0.4, 0.5) is 5.69 Å². The van der Waals surface area contributed by atoms with Crippen molar-refractivity contribution in [2.45, 2.75) is 65.8 Å². The van der Waals surface area contributed by atoms with Gasteiger partial charge >= 0.3 is 0 Å². The van der Waals surface area contributed by atoms with Crippen molar-refractivity contribution in [1.82, 2.24) is 4.90 Å². The Balaban J connectivity index is 2.16. The zero-order valence-corrected chi connectivity index (χ0v) is 15.4. The Hall–Kier alpha value is -1.35. The zero-order chi connectivity index (χ0) is 17.0. The summed E-state index contributed by atoms with van der Waals surface area (Å²) in [5.41, 5.74) is 3.50. The zero-order valence-electron chi connectivity index (χ0n) is 15.4. The lowest BCUT2D eigenvalue weighted by molar-refractivity contribution is -0.120. The van der Waals surface area contributed by atoms with Gasteiger partial charge in [-0.1, -0.05) is 39.0 Å². The van der Waals surface area contributed by atoms with E-state index in [1.165, 1.54) is 18.4 Å². The van der Waals surface area contributed by atoms with Crippen LogP contribution in [0.15, 0.2) is 18.2 Å². The molecule has 0 saturated heterocycles. The summed E-state index contributed by atoms with van der Waals surface area (Å²) < 4.78 is 0. The first kappa shape index (κ1) is 18.0. The van der Waals surface area contributed by atoms with Gasteiger partial charge in [-0.2, -0.15) is 0 Å². The van der Waals surface area contributed by atoms with Gasteiger partial charge in [0.15, 0.2) is 0 Å². The maximum Gasteiger partial charge on any atom is 0.241 e. The molecule has 1 fully saturated rings. The Kier molecular flexibility index (Phi) is 6.23. The molecule has 128 valence electrons. The molecule has 3 heteroatoms. The number of nitrogens with zero attached hydrogens (tertiary/aromatic N) is 1. The Labute approximate surface area is 141 Å². The molecule has 1 aliphatic carbocycles. The van der Waals surface area contributed by atoms with Crippen LogP contribution in [0.1, 0.15) is 64.0 Å². The van der Waals surface area contributed by atoms with Crippen LogP contribution in [-0.2, 0) is 4.79 Å². The van der Waals surface area contributed by atoms with Gasteiger partial charge in [0.05, 0.1) is 6.04 Å². The minimum absolute atomic E-state index is 0.0939. The fourth-order valence-corrected chi connectivity index (χ4v) is 3.40. The number of carbonyl (C=O) groups is 1. The van der Waals surface area contributed by atoms with E-state index in [2.05, 4.69) is 56.1 Å². The summed E-state index contributed by atoms with van der Waals surface area (Å²) in [5.74, 6) is 1.43. The van der Waals surface area contributed by atoms with Crippen LogP contribution in [0.2, 0.25) is 0 Å². The second-order valence-electron chi connectivity index (χ2n) is 6.96. The van der Waals surface area contributed by atoms with Crippen LogP contribution < -0.4 is 5.32 Å². The topological polar surface area (TPSA) is 32.3 Å². The number of rotatable bonds is 8. The summed E-state index contributed by atoms with van der Waals surface area (Å²) in [6.07, 6.45) is 3.71. The minimum atomic E-state index is -0.0939. The number of hydrogen-bond acceptors (Lipinski definition) is 2. The van der Waals surface area contributed by atoms with Crippen molar-refractivity contribution >= 4 is 11.6 Å². The van der Waals surface area contributed by atoms with Crippen LogP contribution in [0.3, 0.4) is 0 Å². The summed E-state index contributed by atoms with van der Waals surface area (Å²) in [4.78, 5) is 15.0. The lowest BCUT2D eigenvalue weighted by atomic mass is 9.92. The highest BCUT2D eigenvalue weighted by atomic mass is 16.2. The quantitative estimate of drug-likeness (QED) is 0.762. The van der Waals surface area contributed by atoms with Crippen molar-refractivity contribution in [2.24, 2.45) is 5.92 Å². The molecule has 1 aromatic rings. The third-order valence-electron chi connectivity index (χ3n) is 5.22. The molecule has 0 spiro atoms. The van der Waals surface area contributed by atoms with Gasteiger partial charge in [-0.3, -0.25) is 9.69 Å². The van der Waals surface area contributed by atoms with Crippen molar-refractivity contribution in [1.29, 1.82) is 0 Å². The summed E-state index contributed by atoms with van der Waals surface area (Å²) in [6, 6.07) is 6.29. The second kappa shape index (κ2) is 7.96. The lowest BCUT2D eigenvalue weighted by Crippen LogP contribution is -2.42. The molecular formula is C20H32N2O. The highest BCUT2D eigenvalue weighted by Gasteiger charge is 2.31. The highest BCUT2D eigenvalue weighted by molar-refractivity contribution is 5.96. The molecule has 0 bridgehead atoms. The number of para-hydroxylation sites is 1. The van der Waals surface area contributed by atoms with Crippen molar-refractivity contribution in [3.05, 3.63) is 29.3 Å². The van der Waals surface area contributed by atoms with E-state index >= 15 is 0 Å². The summed E-state index contributed by atoms with van der Waals surface area (Å²) in [6.45, 7) is 12.5. The molecule has 2 unspecified atom stereocenters. The van der Waals surface area contributed by atoms with Crippen LogP contribution in [-0.4, -0.2) is 29.9 Å². The normalized spacial score (nSPS) is 17.1. The molecule has 23 heavy (non-hydrogen) atoms. The van der Waals surface area contributed by atoms with Crippen molar-refractivity contribution in [3.8, 4) is 0 Å². The van der Waals surface area contributed by atoms with Crippen molar-refractivity contribution in [2.75, 3.05) is 18.4 Å². The molecule has 1 aromatic carbocycles. The van der Waals surface area contributed by atoms with Gasteiger partial charge in [0.1, 0.15) is 0 Å². The standard InChI is InChI=1S/C20H32N2O/c1-6-13-22(7-2)16(5)20(23)21-19-14(3)9-8-10-18(19)15(4)17-11-12-17/h8-10,15-17H,6-7,11-13H2,1-5H3,(H,21,23). The second-order valence-corrected chi connectivity index (χ2v) is 6.96. The largest absolute Gasteiger partial charge is 0.324 e. The first-order valence-corrected chi connectivity index (χ1v) is 9.13. The molecule has 0 radical (unpaired) electrons. The van der Waals surface area contributed by atoms with E-state index in [1.807, 2.05) is 6.92 Å². The Morgan fingerprint density at radius 1 is 1.30 bits per heavy atom. The Bertz CT molecular complexity index is 536. The lowest BCUT2D eigenvalue weighted by Gasteiger charge is -2.27. The fourth-order valence-electron chi connectivity index (χ4n) is 3.40. The van der Waals surface area contributed by atoms with Gasteiger partial charge in [0.2, 0.25) is 5.91 Å². The monoisotopic (exact) mass is 316 g/mol. The average molecular weight is 316 g/mol. The summed E-state index contributed by atoms with van der Waals surface area (Å²) >= 11 is 0. The molecule has 2 atom stereocenters. The van der Waals surface area contributed by atoms with E-state index in [0.29, 0.717) is 5.92 Å². The first-order chi connectivity index (χ1) is 11.0. The molecule has 2 rings (SSSR count). The van der Waals surface area contributed by atoms with Gasteiger partial charge in [-0.15, -0.1) is 0 Å². The van der Waals surface area contributed by atoms with Gasteiger partial charge < -0.3 is 5.32 Å². The summed E-state index contributed by atoms with van der Waals surface area (Å²) in [5, 5.41) is 3.23. The van der Waals surface area contributed by atoms with Crippen molar-refractivity contribution in [3.63, 3.8) is 0 Å². The maximum atomic E-state index is 12.7. The van der Waals surface area contributed by atoms with E-state index in [9.17, 15) is 4.79 Å². The van der Waals surface area contributed by atoms with E-state index in [1.54, 1.807) is 0 Å². The van der Waals surface area contributed by atoms with E-state index < -0.39 is 0 Å². The number of amides is 1. The van der Waals surface area contributed by atoms with E-state index in [-0.39, 0.29) is 11.9 Å². The van der Waals surface area contributed by atoms with Crippen molar-refractivity contribution < 1.29 is 4.79 Å². The van der Waals surface area contributed by atoms with Crippen LogP contribution in [0.5, 0.6) is 0 Å². The molecule has 1 N–H and O–H groups in total. The average Bonchev–Trinajstić information content (AvgIpc) is 3.38. The number of hydrogen-bond donors (Lipinski definition) is 1. The third-order valence-corrected chi connectivity index (χ3v) is 5.22. The third kappa shape index (κ3) is 4.35. The highest BCUT2D eigenvalue weighted by Crippen LogP contribution is 2.44. The maximum absolute atomic E-state index is 12.7. The molecule has 1 aliphatic rings. The van der Waals surface area contributed by atoms with Crippen LogP contribution in [0.25, 0.3) is 0 Å². The van der Waals surface area contributed by atoms with Gasteiger partial charge in [-0.05, 0) is 69.2 Å². The molecule has 1 amide bonds. The SMILES string of the molecule is CCCN(CC)C(C)C(=O)Nc1c(C)cccc1C(C)C1CC1. The number of aryl methyl sites for hydroxylation is 1. The van der Waals surface area contributed by atoms with Gasteiger partial charge in [-0.25, -0.2) is 0 Å². The molecular weight excluding hydrogens is 284 g/mol. The number of benzene rings is 1. The van der Waals surface area contributed by atoms with Gasteiger partial charge in [0.25, 0.3) is 0 Å². The molecule has 0 aromatic heterocycles. The molecule has 0 aliphatic heterocycles. The predicted molar refractivity (Wildman–Crippen MR) is 97.9 cm³/mol. The number of anilines is 1. The summed E-state index contributed by atoms with van der Waals surface area (Å²) in [7, 11) is 0. The van der Waals surface area contributed by atoms with E-state index in [0.717, 1.165) is 36.7 Å². The number of nitrogens with one attached hydrogen (secondary N) is 1. The van der Waals surface area contributed by atoms with Gasteiger partial charge in [0, 0.05) is 5.69 Å². The minimum Gasteiger partial charge on any atom is -0.324 e. The molecule has 1 saturated carbocycles. The number of likely N-dealkylation sites (N-methyl/N-ethyl adjacent to an activating group) is 1. The Morgan fingerprint density at radius 2 is 2.00 bits per heavy atom. The number of carbonyl (C=O) groups excluding carboxylic acids is 1. The molecule has 3 nitrogen and oxygen atoms in total. The molecule has 0 heterocycles. The fraction of sp³-hybridized carbons (Fsp3) is 0.650. The first-order valence-electron chi connectivity index (χ1n) is 9.13. The predicted octanol–water partition coefficient (Wildman–Crippen LogP) is 4.57. The van der Waals surface area contributed by atoms with Crippen LogP contribution >= 0.6 is 0 Å². The Morgan fingerprint density at radius 3 is 2.57 bits per heavy atom. The smallest absolute Gasteiger partial charge is 0.241 e. The van der Waals surface area contributed by atoms with E-state index in [4.69, 9.17) is 0 Å². The van der Waals surface area contributed by atoms with Crippen LogP contribution in [0, 0.1) is 12.8 Å².